The van der Waals surface area contributed by atoms with Gasteiger partial charge in [-0.15, -0.1) is 0 Å². The lowest BCUT2D eigenvalue weighted by molar-refractivity contribution is 0.0814. The van der Waals surface area contributed by atoms with Crippen LogP contribution in [0, 0.1) is 0 Å². The molecule has 1 fully saturated rings. The van der Waals surface area contributed by atoms with E-state index in [4.69, 9.17) is 15.2 Å². The molecule has 1 aromatic rings. The Bertz CT molecular complexity index is 387. The smallest absolute Gasteiger partial charge is 0.161 e. The summed E-state index contributed by atoms with van der Waals surface area (Å²) in [5, 5.41) is 0. The molecule has 2 N–H and O–H groups in total. The molecule has 1 heterocycles. The number of benzene rings is 1. The van der Waals surface area contributed by atoms with Crippen LogP contribution < -0.4 is 15.2 Å². The van der Waals surface area contributed by atoms with Gasteiger partial charge in [0.15, 0.2) is 11.5 Å². The van der Waals surface area contributed by atoms with Crippen LogP contribution in [0.4, 0.5) is 0 Å². The summed E-state index contributed by atoms with van der Waals surface area (Å²) in [4.78, 5) is 0. The second-order valence-corrected chi connectivity index (χ2v) is 4.90. The van der Waals surface area contributed by atoms with Crippen LogP contribution in [0.2, 0.25) is 0 Å². The van der Waals surface area contributed by atoms with E-state index >= 15 is 0 Å². The van der Waals surface area contributed by atoms with Gasteiger partial charge in [0, 0.05) is 5.54 Å². The molecule has 86 valence electrons. The van der Waals surface area contributed by atoms with Crippen LogP contribution in [0.15, 0.2) is 24.3 Å². The minimum Gasteiger partial charge on any atom is -0.486 e. The van der Waals surface area contributed by atoms with E-state index in [1.807, 2.05) is 24.3 Å². The number of nitrogens with two attached hydrogens (primary N) is 1. The van der Waals surface area contributed by atoms with Gasteiger partial charge in [0.2, 0.25) is 0 Å². The van der Waals surface area contributed by atoms with Gasteiger partial charge < -0.3 is 15.2 Å². The van der Waals surface area contributed by atoms with Crippen molar-refractivity contribution in [2.24, 2.45) is 5.73 Å². The number of fused-ring (bicyclic) bond motifs is 1. The van der Waals surface area contributed by atoms with Crippen LogP contribution in [0.3, 0.4) is 0 Å². The first-order valence-corrected chi connectivity index (χ1v) is 5.93. The summed E-state index contributed by atoms with van der Waals surface area (Å²) in [5.74, 6) is 1.72. The first kappa shape index (κ1) is 9.97. The van der Waals surface area contributed by atoms with E-state index < -0.39 is 0 Å². The summed E-state index contributed by atoms with van der Waals surface area (Å²) >= 11 is 0. The second-order valence-electron chi connectivity index (χ2n) is 4.90. The SMILES string of the molecule is NC1(CCC2COc3ccccc3O2)CC1. The van der Waals surface area contributed by atoms with Crippen molar-refractivity contribution in [2.75, 3.05) is 6.61 Å². The predicted molar refractivity (Wildman–Crippen MR) is 61.7 cm³/mol. The average Bonchev–Trinajstić information content (AvgIpc) is 3.05. The topological polar surface area (TPSA) is 44.5 Å². The van der Waals surface area contributed by atoms with E-state index in [0.717, 1.165) is 37.2 Å². The third-order valence-electron chi connectivity index (χ3n) is 3.42. The molecule has 0 aromatic heterocycles. The third-order valence-corrected chi connectivity index (χ3v) is 3.42. The predicted octanol–water partition coefficient (Wildman–Crippen LogP) is 2.10. The summed E-state index contributed by atoms with van der Waals surface area (Å²) in [5.41, 5.74) is 6.17. The Hall–Kier alpha value is -1.22. The molecule has 0 radical (unpaired) electrons. The maximum Gasteiger partial charge on any atom is 0.161 e. The highest BCUT2D eigenvalue weighted by atomic mass is 16.6. The lowest BCUT2D eigenvalue weighted by Crippen LogP contribution is -2.32. The van der Waals surface area contributed by atoms with Crippen LogP contribution in [0.1, 0.15) is 25.7 Å². The van der Waals surface area contributed by atoms with Crippen molar-refractivity contribution < 1.29 is 9.47 Å². The van der Waals surface area contributed by atoms with Crippen molar-refractivity contribution in [3.8, 4) is 11.5 Å². The monoisotopic (exact) mass is 219 g/mol. The Balaban J connectivity index is 1.60. The standard InChI is InChI=1S/C13H17NO2/c14-13(7-8-13)6-5-10-9-15-11-3-1-2-4-12(11)16-10/h1-4,10H,5-9,14H2. The molecule has 16 heavy (non-hydrogen) atoms. The van der Waals surface area contributed by atoms with Crippen LogP contribution in [0.5, 0.6) is 11.5 Å². The van der Waals surface area contributed by atoms with Crippen LogP contribution in [-0.2, 0) is 0 Å². The zero-order chi connectivity index (χ0) is 11.0. The average molecular weight is 219 g/mol. The molecule has 0 saturated heterocycles. The molecule has 1 saturated carbocycles. The fraction of sp³-hybridized carbons (Fsp3) is 0.538. The summed E-state index contributed by atoms with van der Waals surface area (Å²) in [7, 11) is 0. The summed E-state index contributed by atoms with van der Waals surface area (Å²) in [6.45, 7) is 0.646. The van der Waals surface area contributed by atoms with Gasteiger partial charge in [0.1, 0.15) is 12.7 Å². The molecule has 3 rings (SSSR count). The zero-order valence-corrected chi connectivity index (χ0v) is 9.32. The molecule has 0 bridgehead atoms. The van der Waals surface area contributed by atoms with Gasteiger partial charge in [0.25, 0.3) is 0 Å². The highest BCUT2D eigenvalue weighted by Gasteiger charge is 2.38. The van der Waals surface area contributed by atoms with Gasteiger partial charge in [-0.25, -0.2) is 0 Å². The van der Waals surface area contributed by atoms with Gasteiger partial charge in [-0.3, -0.25) is 0 Å². The number of ether oxygens (including phenoxy) is 2. The number of rotatable bonds is 3. The van der Waals surface area contributed by atoms with Crippen molar-refractivity contribution in [3.63, 3.8) is 0 Å². The van der Waals surface area contributed by atoms with Crippen molar-refractivity contribution in [3.05, 3.63) is 24.3 Å². The fourth-order valence-electron chi connectivity index (χ4n) is 2.06. The quantitative estimate of drug-likeness (QED) is 0.846. The molecule has 1 atom stereocenters. The van der Waals surface area contributed by atoms with Gasteiger partial charge in [-0.05, 0) is 37.8 Å². The Morgan fingerprint density at radius 2 is 2.00 bits per heavy atom. The molecule has 1 aliphatic heterocycles. The number of para-hydroxylation sites is 2. The molecule has 3 nitrogen and oxygen atoms in total. The summed E-state index contributed by atoms with van der Waals surface area (Å²) in [6.07, 6.45) is 4.53. The maximum absolute atomic E-state index is 6.06. The minimum absolute atomic E-state index is 0.111. The number of hydrogen-bond donors (Lipinski definition) is 1. The molecule has 1 aliphatic carbocycles. The molecule has 1 unspecified atom stereocenters. The van der Waals surface area contributed by atoms with E-state index in [1.165, 1.54) is 0 Å². The van der Waals surface area contributed by atoms with Crippen molar-refractivity contribution in [1.29, 1.82) is 0 Å². The first-order chi connectivity index (χ1) is 7.75. The largest absolute Gasteiger partial charge is 0.486 e. The van der Waals surface area contributed by atoms with Crippen molar-refractivity contribution in [2.45, 2.75) is 37.3 Å². The van der Waals surface area contributed by atoms with Crippen LogP contribution in [-0.4, -0.2) is 18.2 Å². The summed E-state index contributed by atoms with van der Waals surface area (Å²) in [6, 6.07) is 7.82. The first-order valence-electron chi connectivity index (χ1n) is 5.93. The second kappa shape index (κ2) is 3.67. The van der Waals surface area contributed by atoms with Gasteiger partial charge in [-0.1, -0.05) is 12.1 Å². The van der Waals surface area contributed by atoms with Gasteiger partial charge >= 0.3 is 0 Å². The van der Waals surface area contributed by atoms with Crippen LogP contribution >= 0.6 is 0 Å². The lowest BCUT2D eigenvalue weighted by atomic mass is 10.1. The van der Waals surface area contributed by atoms with Gasteiger partial charge in [-0.2, -0.15) is 0 Å². The Morgan fingerprint density at radius 3 is 2.75 bits per heavy atom. The minimum atomic E-state index is 0.111. The van der Waals surface area contributed by atoms with E-state index in [0.29, 0.717) is 6.61 Å². The molecule has 3 heteroatoms. The molecule has 0 amide bonds. The zero-order valence-electron chi connectivity index (χ0n) is 9.32. The lowest BCUT2D eigenvalue weighted by Gasteiger charge is -2.27. The Labute approximate surface area is 95.5 Å². The summed E-state index contributed by atoms with van der Waals surface area (Å²) < 4.78 is 11.5. The van der Waals surface area contributed by atoms with E-state index in [2.05, 4.69) is 0 Å². The van der Waals surface area contributed by atoms with E-state index in [1.54, 1.807) is 0 Å². The Morgan fingerprint density at radius 1 is 1.25 bits per heavy atom. The van der Waals surface area contributed by atoms with Crippen molar-refractivity contribution in [1.82, 2.24) is 0 Å². The highest BCUT2D eigenvalue weighted by molar-refractivity contribution is 5.40. The molecular weight excluding hydrogens is 202 g/mol. The van der Waals surface area contributed by atoms with Crippen molar-refractivity contribution >= 4 is 0 Å². The third kappa shape index (κ3) is 2.00. The van der Waals surface area contributed by atoms with Gasteiger partial charge in [0.05, 0.1) is 0 Å². The number of hydrogen-bond acceptors (Lipinski definition) is 3. The molecular formula is C13H17NO2. The maximum atomic E-state index is 6.06. The molecule has 0 spiro atoms. The van der Waals surface area contributed by atoms with E-state index in [9.17, 15) is 0 Å². The normalized spacial score (nSPS) is 25.2. The van der Waals surface area contributed by atoms with E-state index in [-0.39, 0.29) is 11.6 Å². The van der Waals surface area contributed by atoms with Crippen LogP contribution in [0.25, 0.3) is 0 Å². The molecule has 2 aliphatic rings. The Kier molecular flexibility index (Phi) is 2.28. The highest BCUT2D eigenvalue weighted by Crippen LogP contribution is 2.38. The molecule has 1 aromatic carbocycles. The fourth-order valence-corrected chi connectivity index (χ4v) is 2.06.